The summed E-state index contributed by atoms with van der Waals surface area (Å²) in [6.45, 7) is 0.0938. The van der Waals surface area contributed by atoms with E-state index in [-0.39, 0.29) is 43.2 Å². The van der Waals surface area contributed by atoms with E-state index in [1.165, 1.54) is 9.80 Å². The fourth-order valence-electron chi connectivity index (χ4n) is 8.18. The van der Waals surface area contributed by atoms with Crippen LogP contribution in [0.15, 0.2) is 109 Å². The normalized spacial score (nSPS) is 16.8. The Bertz CT molecular complexity index is 2680. The molecule has 0 spiro atoms. The Morgan fingerprint density at radius 1 is 0.612 bits per heavy atom. The lowest BCUT2D eigenvalue weighted by Crippen LogP contribution is -2.32. The molecule has 2 fully saturated rings. The molecule has 10 N–H and O–H groups in total. The summed E-state index contributed by atoms with van der Waals surface area (Å²) < 4.78 is 21.2. The molecule has 67 heavy (non-hydrogen) atoms. The molecule has 6 amide bonds. The van der Waals surface area contributed by atoms with Gasteiger partial charge in [0.05, 0.1) is 27.3 Å². The molecule has 8 rings (SSSR count). The summed E-state index contributed by atoms with van der Waals surface area (Å²) >= 11 is 0. The summed E-state index contributed by atoms with van der Waals surface area (Å²) in [6.07, 6.45) is 3.95. The molecule has 6 aromatic rings. The van der Waals surface area contributed by atoms with Crippen molar-refractivity contribution >= 4 is 57.6 Å². The predicted molar refractivity (Wildman–Crippen MR) is 244 cm³/mol. The van der Waals surface area contributed by atoms with E-state index in [1.807, 2.05) is 72.8 Å². The van der Waals surface area contributed by atoms with Gasteiger partial charge in [0.15, 0.2) is 12.5 Å². The average molecular weight is 915 g/mol. The third-order valence-corrected chi connectivity index (χ3v) is 11.4. The molecule has 0 radical (unpaired) electrons. The second-order valence-corrected chi connectivity index (χ2v) is 16.0. The van der Waals surface area contributed by atoms with Crippen LogP contribution >= 0.6 is 0 Å². The number of urea groups is 2. The Labute approximate surface area is 383 Å². The topological polar surface area (TPSA) is 285 Å². The Balaban J connectivity index is 0.00000666. The summed E-state index contributed by atoms with van der Waals surface area (Å²) in [6, 6.07) is 23.2. The fourth-order valence-corrected chi connectivity index (χ4v) is 8.18. The van der Waals surface area contributed by atoms with Crippen LogP contribution in [0.1, 0.15) is 33.4 Å². The Morgan fingerprint density at radius 2 is 1.03 bits per heavy atom. The second kappa shape index (κ2) is 20.4. The van der Waals surface area contributed by atoms with Gasteiger partial charge in [-0.3, -0.25) is 30.9 Å². The number of methoxy groups -OCH3 is 2. The van der Waals surface area contributed by atoms with Crippen LogP contribution in [-0.2, 0) is 67.4 Å². The van der Waals surface area contributed by atoms with E-state index in [1.54, 1.807) is 38.7 Å². The molecule has 19 nitrogen and oxygen atoms in total. The van der Waals surface area contributed by atoms with Crippen LogP contribution in [0, 0.1) is 0 Å². The number of nitrogens with zero attached hydrogens (tertiary/aromatic N) is 2. The summed E-state index contributed by atoms with van der Waals surface area (Å²) in [5, 5.41) is 7.08. The number of imide groups is 2. The number of fused-ring (bicyclic) bond motifs is 2. The van der Waals surface area contributed by atoms with Crippen molar-refractivity contribution in [2.24, 2.45) is 11.5 Å². The first kappa shape index (κ1) is 47.0. The van der Waals surface area contributed by atoms with Crippen molar-refractivity contribution in [3.63, 3.8) is 0 Å². The molecular formula is C48H50N8O11. The number of carbonyl (C=O) groups excluding carboxylic acids is 6. The smallest absolute Gasteiger partial charge is 0.332 e. The van der Waals surface area contributed by atoms with Crippen molar-refractivity contribution in [1.82, 2.24) is 30.4 Å². The number of carbonyl (C=O) groups is 6. The summed E-state index contributed by atoms with van der Waals surface area (Å²) in [5.74, 6) is -1.11. The van der Waals surface area contributed by atoms with Gasteiger partial charge >= 0.3 is 24.0 Å². The summed E-state index contributed by atoms with van der Waals surface area (Å²) in [4.78, 5) is 86.2. The van der Waals surface area contributed by atoms with E-state index in [2.05, 4.69) is 20.6 Å². The minimum absolute atomic E-state index is 0. The van der Waals surface area contributed by atoms with E-state index >= 15 is 0 Å². The number of aromatic nitrogens is 2. The number of benzene rings is 4. The number of nitrogens with one attached hydrogen (secondary N) is 4. The zero-order chi connectivity index (χ0) is 46.5. The lowest BCUT2D eigenvalue weighted by molar-refractivity contribution is -0.145. The molecule has 2 aliphatic heterocycles. The van der Waals surface area contributed by atoms with Gasteiger partial charge in [-0.25, -0.2) is 19.2 Å². The van der Waals surface area contributed by atoms with Gasteiger partial charge in [-0.2, -0.15) is 0 Å². The fraction of sp³-hybridized carbons (Fsp3) is 0.250. The lowest BCUT2D eigenvalue weighted by Gasteiger charge is -2.14. The maximum Gasteiger partial charge on any atom is 0.332 e. The molecular weight excluding hydrogens is 865 g/mol. The van der Waals surface area contributed by atoms with Crippen molar-refractivity contribution < 1.29 is 53.2 Å². The number of rotatable bonds is 18. The number of nitrogens with two attached hydrogens (primary N) is 2. The van der Waals surface area contributed by atoms with E-state index in [0.717, 1.165) is 56.2 Å². The van der Waals surface area contributed by atoms with Crippen molar-refractivity contribution in [2.45, 2.75) is 63.3 Å². The maximum absolute atomic E-state index is 13.3. The van der Waals surface area contributed by atoms with Crippen molar-refractivity contribution in [3.8, 4) is 11.5 Å². The molecule has 2 saturated heterocycles. The zero-order valence-corrected chi connectivity index (χ0v) is 36.6. The molecule has 2 aliphatic rings. The first-order valence-corrected chi connectivity index (χ1v) is 21.1. The highest BCUT2D eigenvalue weighted by atomic mass is 16.6. The standard InChI is InChI=1S/C48H48N8O10.H2O/c1-63-33-7-3-5-27(15-33)19-39-45(59)55(47(61)53-39)25-29-9-11-37-35(17-29)31(23-51-37)21-41(49)65-43(57)13-14-44(58)66-42(50)22-32-24-52-38-12-10-30(18-36(32)38)26-56-46(60)40(54-48(56)62)20-28-6-4-8-34(16-28)64-2;/h3-18,23-24,39-42,51-52H,19-22,25-26,49-50H2,1-2H3,(H,53,61)(H,54,62);1H2/b14-13-;. The van der Waals surface area contributed by atoms with Gasteiger partial charge in [-0.05, 0) is 81.9 Å². The van der Waals surface area contributed by atoms with Crippen LogP contribution in [0.5, 0.6) is 11.5 Å². The molecule has 0 saturated carbocycles. The average Bonchev–Trinajstić information content (AvgIpc) is 4.03. The molecule has 4 unspecified atom stereocenters. The maximum atomic E-state index is 13.3. The minimum atomic E-state index is -1.09. The van der Waals surface area contributed by atoms with Gasteiger partial charge in [0, 0.05) is 72.0 Å². The molecule has 19 heteroatoms. The molecule has 4 heterocycles. The van der Waals surface area contributed by atoms with Crippen molar-refractivity contribution in [1.29, 1.82) is 0 Å². The number of esters is 2. The molecule has 0 aliphatic carbocycles. The first-order chi connectivity index (χ1) is 31.8. The predicted octanol–water partition coefficient (Wildman–Crippen LogP) is 3.17. The number of amides is 6. The van der Waals surface area contributed by atoms with E-state index < -0.39 is 48.5 Å². The van der Waals surface area contributed by atoms with Gasteiger partial charge in [-0.1, -0.05) is 36.4 Å². The zero-order valence-electron chi connectivity index (χ0n) is 36.6. The van der Waals surface area contributed by atoms with E-state index in [9.17, 15) is 28.8 Å². The molecule has 348 valence electrons. The summed E-state index contributed by atoms with van der Waals surface area (Å²) in [7, 11) is 3.12. The number of hydrogen-bond acceptors (Lipinski definition) is 12. The van der Waals surface area contributed by atoms with Crippen LogP contribution in [0.25, 0.3) is 21.8 Å². The third kappa shape index (κ3) is 10.9. The van der Waals surface area contributed by atoms with E-state index in [4.69, 9.17) is 30.4 Å². The van der Waals surface area contributed by atoms with Crippen molar-refractivity contribution in [2.75, 3.05) is 14.2 Å². The van der Waals surface area contributed by atoms with Crippen LogP contribution in [0.3, 0.4) is 0 Å². The highest BCUT2D eigenvalue weighted by Crippen LogP contribution is 2.26. The Kier molecular flexibility index (Phi) is 14.3. The SMILES string of the molecule is COc1cccc(CC2NC(=O)N(Cc3ccc4[nH]cc(CC(N)OC(=O)/C=C\C(=O)OC(N)Cc5c[nH]c6ccc(CN7C(=O)NC(Cc8cccc(OC)c8)C7=O)cc56)c4c3)C2=O)c1.O. The lowest BCUT2D eigenvalue weighted by atomic mass is 10.0. The Morgan fingerprint density at radius 3 is 1.43 bits per heavy atom. The number of ether oxygens (including phenoxy) is 4. The Hall–Kier alpha value is -8.00. The van der Waals surface area contributed by atoms with Gasteiger partial charge in [0.1, 0.15) is 23.6 Å². The highest BCUT2D eigenvalue weighted by Gasteiger charge is 2.39. The summed E-state index contributed by atoms with van der Waals surface area (Å²) in [5.41, 5.74) is 18.5. The van der Waals surface area contributed by atoms with Gasteiger partial charge in [-0.15, -0.1) is 0 Å². The van der Waals surface area contributed by atoms with Crippen LogP contribution < -0.4 is 31.6 Å². The quantitative estimate of drug-likeness (QED) is 0.0314. The molecule has 2 aromatic heterocycles. The van der Waals surface area contributed by atoms with Crippen LogP contribution in [0.2, 0.25) is 0 Å². The second-order valence-electron chi connectivity index (χ2n) is 16.0. The van der Waals surface area contributed by atoms with Crippen LogP contribution in [-0.4, -0.2) is 99.8 Å². The van der Waals surface area contributed by atoms with Crippen LogP contribution in [0.4, 0.5) is 9.59 Å². The van der Waals surface area contributed by atoms with E-state index in [0.29, 0.717) is 35.5 Å². The largest absolute Gasteiger partial charge is 0.497 e. The molecule has 4 atom stereocenters. The van der Waals surface area contributed by atoms with Gasteiger partial charge in [0.25, 0.3) is 11.8 Å². The number of H-pyrrole nitrogens is 2. The van der Waals surface area contributed by atoms with Gasteiger partial charge < -0.3 is 45.0 Å². The monoisotopic (exact) mass is 914 g/mol. The van der Waals surface area contributed by atoms with Crippen molar-refractivity contribution in [3.05, 3.63) is 143 Å². The third-order valence-electron chi connectivity index (χ3n) is 11.4. The number of hydrogen-bond donors (Lipinski definition) is 6. The van der Waals surface area contributed by atoms with Gasteiger partial charge in [0.2, 0.25) is 0 Å². The first-order valence-electron chi connectivity index (χ1n) is 21.1. The molecule has 4 aromatic carbocycles. The number of aromatic amines is 2. The minimum Gasteiger partial charge on any atom is -0.497 e. The highest BCUT2D eigenvalue weighted by molar-refractivity contribution is 6.05. The molecule has 0 bridgehead atoms.